The predicted molar refractivity (Wildman–Crippen MR) is 59.5 cm³/mol. The standard InChI is InChI=1S/C11H19F2N3/c1-3-5-14-7-9-8-15-16(6-4-2)10(9)11(12)13/h8,11,14H,3-7H2,1-2H3. The van der Waals surface area contributed by atoms with Gasteiger partial charge in [-0.2, -0.15) is 5.10 Å². The molecule has 0 unspecified atom stereocenters. The third-order valence-corrected chi connectivity index (χ3v) is 2.34. The third kappa shape index (κ3) is 3.27. The zero-order chi connectivity index (χ0) is 12.0. The molecule has 92 valence electrons. The maximum atomic E-state index is 12.9. The van der Waals surface area contributed by atoms with Gasteiger partial charge in [0.15, 0.2) is 0 Å². The summed E-state index contributed by atoms with van der Waals surface area (Å²) in [6, 6.07) is 0. The molecule has 3 nitrogen and oxygen atoms in total. The van der Waals surface area contributed by atoms with Crippen LogP contribution in [0.15, 0.2) is 6.20 Å². The lowest BCUT2D eigenvalue weighted by Gasteiger charge is -2.08. The molecule has 1 N–H and O–H groups in total. The Morgan fingerprint density at radius 3 is 2.69 bits per heavy atom. The van der Waals surface area contributed by atoms with E-state index in [9.17, 15) is 8.78 Å². The quantitative estimate of drug-likeness (QED) is 0.731. The predicted octanol–water partition coefficient (Wildman–Crippen LogP) is 2.73. The smallest absolute Gasteiger partial charge is 0.280 e. The van der Waals surface area contributed by atoms with E-state index >= 15 is 0 Å². The zero-order valence-electron chi connectivity index (χ0n) is 9.84. The van der Waals surface area contributed by atoms with Gasteiger partial charge in [-0.05, 0) is 19.4 Å². The van der Waals surface area contributed by atoms with Gasteiger partial charge in [-0.1, -0.05) is 13.8 Å². The van der Waals surface area contributed by atoms with E-state index in [4.69, 9.17) is 0 Å². The Labute approximate surface area is 94.8 Å². The van der Waals surface area contributed by atoms with Crippen molar-refractivity contribution in [2.24, 2.45) is 0 Å². The number of aromatic nitrogens is 2. The molecule has 1 heterocycles. The molecule has 0 aliphatic heterocycles. The van der Waals surface area contributed by atoms with E-state index in [2.05, 4.69) is 10.4 Å². The monoisotopic (exact) mass is 231 g/mol. The summed E-state index contributed by atoms with van der Waals surface area (Å²) in [4.78, 5) is 0. The minimum Gasteiger partial charge on any atom is -0.313 e. The lowest BCUT2D eigenvalue weighted by Crippen LogP contribution is -2.15. The van der Waals surface area contributed by atoms with Crippen molar-refractivity contribution in [2.75, 3.05) is 6.54 Å². The van der Waals surface area contributed by atoms with Crippen molar-refractivity contribution < 1.29 is 8.78 Å². The molecule has 0 saturated heterocycles. The summed E-state index contributed by atoms with van der Waals surface area (Å²) in [5, 5.41) is 7.12. The largest absolute Gasteiger partial charge is 0.313 e. The molecule has 0 bridgehead atoms. The number of hydrogen-bond acceptors (Lipinski definition) is 2. The molecule has 0 fully saturated rings. The fraction of sp³-hybridized carbons (Fsp3) is 0.727. The average Bonchev–Trinajstić information content (AvgIpc) is 2.62. The van der Waals surface area contributed by atoms with Crippen LogP contribution in [0, 0.1) is 0 Å². The second-order valence-corrected chi connectivity index (χ2v) is 3.76. The molecule has 1 aromatic rings. The highest BCUT2D eigenvalue weighted by Crippen LogP contribution is 2.23. The molecule has 0 saturated carbocycles. The minimum atomic E-state index is -2.45. The highest BCUT2D eigenvalue weighted by Gasteiger charge is 2.18. The SMILES string of the molecule is CCCNCc1cnn(CCC)c1C(F)F. The van der Waals surface area contributed by atoms with Crippen LogP contribution >= 0.6 is 0 Å². The summed E-state index contributed by atoms with van der Waals surface area (Å²) in [5.74, 6) is 0. The molecular weight excluding hydrogens is 212 g/mol. The summed E-state index contributed by atoms with van der Waals surface area (Å²) in [6.07, 6.45) is 0.892. The number of alkyl halides is 2. The molecule has 1 rings (SSSR count). The van der Waals surface area contributed by atoms with Crippen molar-refractivity contribution in [3.8, 4) is 0 Å². The number of hydrogen-bond donors (Lipinski definition) is 1. The van der Waals surface area contributed by atoms with E-state index in [0.29, 0.717) is 18.7 Å². The van der Waals surface area contributed by atoms with Crippen LogP contribution < -0.4 is 5.32 Å². The molecule has 0 aromatic carbocycles. The van der Waals surface area contributed by atoms with Gasteiger partial charge in [-0.25, -0.2) is 8.78 Å². The normalized spacial score (nSPS) is 11.3. The van der Waals surface area contributed by atoms with Gasteiger partial charge >= 0.3 is 0 Å². The Morgan fingerprint density at radius 2 is 2.12 bits per heavy atom. The first kappa shape index (κ1) is 13.1. The average molecular weight is 231 g/mol. The molecule has 1 aromatic heterocycles. The van der Waals surface area contributed by atoms with Crippen molar-refractivity contribution in [1.29, 1.82) is 0 Å². The first-order chi connectivity index (χ1) is 7.70. The van der Waals surface area contributed by atoms with Crippen LogP contribution in [0.3, 0.4) is 0 Å². The van der Waals surface area contributed by atoms with Crippen LogP contribution in [0.2, 0.25) is 0 Å². The van der Waals surface area contributed by atoms with Gasteiger partial charge in [0.05, 0.1) is 6.20 Å². The Morgan fingerprint density at radius 1 is 1.38 bits per heavy atom. The summed E-state index contributed by atoms with van der Waals surface area (Å²) < 4.78 is 27.1. The van der Waals surface area contributed by atoms with Crippen molar-refractivity contribution >= 4 is 0 Å². The van der Waals surface area contributed by atoms with Crippen LogP contribution in [0.25, 0.3) is 0 Å². The Kier molecular flexibility index (Phi) is 5.38. The maximum Gasteiger partial charge on any atom is 0.280 e. The van der Waals surface area contributed by atoms with E-state index < -0.39 is 6.43 Å². The lowest BCUT2D eigenvalue weighted by atomic mass is 10.2. The summed E-state index contributed by atoms with van der Waals surface area (Å²) in [6.45, 7) is 5.85. The Hall–Kier alpha value is -0.970. The van der Waals surface area contributed by atoms with Gasteiger partial charge in [-0.15, -0.1) is 0 Å². The molecule has 0 amide bonds. The molecule has 5 heteroatoms. The van der Waals surface area contributed by atoms with Crippen LogP contribution in [0.4, 0.5) is 8.78 Å². The van der Waals surface area contributed by atoms with E-state index in [0.717, 1.165) is 19.4 Å². The maximum absolute atomic E-state index is 12.9. The first-order valence-corrected chi connectivity index (χ1v) is 5.74. The van der Waals surface area contributed by atoms with Gasteiger partial charge in [0.25, 0.3) is 6.43 Å². The van der Waals surface area contributed by atoms with Crippen LogP contribution in [0.1, 0.15) is 44.4 Å². The van der Waals surface area contributed by atoms with Crippen molar-refractivity contribution in [1.82, 2.24) is 15.1 Å². The second kappa shape index (κ2) is 6.58. The molecule has 0 radical (unpaired) electrons. The minimum absolute atomic E-state index is 0.0606. The highest BCUT2D eigenvalue weighted by atomic mass is 19.3. The molecular formula is C11H19F2N3. The molecule has 0 aliphatic carbocycles. The Bertz CT molecular complexity index is 310. The second-order valence-electron chi connectivity index (χ2n) is 3.76. The van der Waals surface area contributed by atoms with E-state index in [-0.39, 0.29) is 5.69 Å². The van der Waals surface area contributed by atoms with Crippen LogP contribution in [-0.4, -0.2) is 16.3 Å². The number of nitrogens with one attached hydrogen (secondary N) is 1. The zero-order valence-corrected chi connectivity index (χ0v) is 9.84. The number of rotatable bonds is 7. The molecule has 0 aliphatic rings. The van der Waals surface area contributed by atoms with Gasteiger partial charge < -0.3 is 5.32 Å². The van der Waals surface area contributed by atoms with E-state index in [1.54, 1.807) is 6.20 Å². The third-order valence-electron chi connectivity index (χ3n) is 2.34. The van der Waals surface area contributed by atoms with Crippen molar-refractivity contribution in [3.05, 3.63) is 17.5 Å². The van der Waals surface area contributed by atoms with E-state index in [1.165, 1.54) is 4.68 Å². The molecule has 0 atom stereocenters. The molecule has 0 spiro atoms. The molecule has 16 heavy (non-hydrogen) atoms. The number of aryl methyl sites for hydroxylation is 1. The summed E-state index contributed by atoms with van der Waals surface area (Å²) in [7, 11) is 0. The fourth-order valence-electron chi connectivity index (χ4n) is 1.61. The van der Waals surface area contributed by atoms with Gasteiger partial charge in [0.1, 0.15) is 5.69 Å². The fourth-order valence-corrected chi connectivity index (χ4v) is 1.61. The van der Waals surface area contributed by atoms with Crippen molar-refractivity contribution in [2.45, 2.75) is 46.2 Å². The van der Waals surface area contributed by atoms with E-state index in [1.807, 2.05) is 13.8 Å². The summed E-state index contributed by atoms with van der Waals surface area (Å²) >= 11 is 0. The summed E-state index contributed by atoms with van der Waals surface area (Å²) in [5.41, 5.74) is 0.669. The lowest BCUT2D eigenvalue weighted by molar-refractivity contribution is 0.137. The van der Waals surface area contributed by atoms with Crippen molar-refractivity contribution in [3.63, 3.8) is 0 Å². The van der Waals surface area contributed by atoms with Gasteiger partial charge in [0, 0.05) is 18.7 Å². The first-order valence-electron chi connectivity index (χ1n) is 5.74. The van der Waals surface area contributed by atoms with Gasteiger partial charge in [-0.3, -0.25) is 4.68 Å². The number of nitrogens with zero attached hydrogens (tertiary/aromatic N) is 2. The van der Waals surface area contributed by atoms with Gasteiger partial charge in [0.2, 0.25) is 0 Å². The highest BCUT2D eigenvalue weighted by molar-refractivity contribution is 5.18. The Balaban J connectivity index is 2.74. The van der Waals surface area contributed by atoms with Crippen LogP contribution in [0.5, 0.6) is 0 Å². The number of halogens is 2. The topological polar surface area (TPSA) is 29.9 Å². The van der Waals surface area contributed by atoms with Crippen LogP contribution in [-0.2, 0) is 13.1 Å².